The van der Waals surface area contributed by atoms with Crippen LogP contribution in [0.5, 0.6) is 0 Å². The van der Waals surface area contributed by atoms with E-state index in [9.17, 15) is 4.79 Å². The molecule has 4 rings (SSSR count). The van der Waals surface area contributed by atoms with Gasteiger partial charge in [0.15, 0.2) is 5.69 Å². The first-order valence-corrected chi connectivity index (χ1v) is 9.77. The topological polar surface area (TPSA) is 54.3 Å². The van der Waals surface area contributed by atoms with Gasteiger partial charge in [0.1, 0.15) is 0 Å². The highest BCUT2D eigenvalue weighted by molar-refractivity contribution is 6.33. The number of nitrogens with zero attached hydrogens (tertiary/aromatic N) is 5. The summed E-state index contributed by atoms with van der Waals surface area (Å²) in [7, 11) is 0. The molecule has 0 radical (unpaired) electrons. The van der Waals surface area contributed by atoms with Crippen LogP contribution in [-0.4, -0.2) is 52.0 Å². The summed E-state index contributed by atoms with van der Waals surface area (Å²) < 4.78 is 1.66. The Labute approximate surface area is 173 Å². The number of carbonyl (C=O) groups is 1. The summed E-state index contributed by atoms with van der Waals surface area (Å²) in [6.45, 7) is 4.51. The molecular formula is C20H19Cl2N5O. The number of halogens is 2. The van der Waals surface area contributed by atoms with Gasteiger partial charge in [0.05, 0.1) is 22.1 Å². The highest BCUT2D eigenvalue weighted by Gasteiger charge is 2.27. The molecule has 0 aliphatic carbocycles. The van der Waals surface area contributed by atoms with E-state index in [0.717, 1.165) is 29.5 Å². The number of piperazine rings is 1. The third-order valence-electron chi connectivity index (χ3n) is 4.93. The predicted molar refractivity (Wildman–Crippen MR) is 111 cm³/mol. The van der Waals surface area contributed by atoms with Crippen molar-refractivity contribution in [2.75, 3.05) is 31.1 Å². The maximum atomic E-state index is 13.0. The first-order chi connectivity index (χ1) is 13.5. The summed E-state index contributed by atoms with van der Waals surface area (Å²) in [6, 6.07) is 15.0. The van der Waals surface area contributed by atoms with Crippen LogP contribution >= 0.6 is 23.2 Å². The van der Waals surface area contributed by atoms with Crippen molar-refractivity contribution in [3.63, 3.8) is 0 Å². The molecule has 0 atom stereocenters. The van der Waals surface area contributed by atoms with E-state index in [-0.39, 0.29) is 5.91 Å². The number of benzene rings is 2. The number of aromatic nitrogens is 3. The summed E-state index contributed by atoms with van der Waals surface area (Å²) in [4.78, 5) is 17.0. The molecule has 1 fully saturated rings. The van der Waals surface area contributed by atoms with Crippen molar-refractivity contribution in [3.8, 4) is 5.69 Å². The molecule has 0 spiro atoms. The van der Waals surface area contributed by atoms with Crippen molar-refractivity contribution in [1.29, 1.82) is 0 Å². The van der Waals surface area contributed by atoms with E-state index in [0.29, 0.717) is 29.5 Å². The Bertz CT molecular complexity index is 994. The molecular weight excluding hydrogens is 397 g/mol. The fourth-order valence-electron chi connectivity index (χ4n) is 3.36. The summed E-state index contributed by atoms with van der Waals surface area (Å²) in [5.74, 6) is -0.100. The molecule has 2 aromatic carbocycles. The van der Waals surface area contributed by atoms with Crippen molar-refractivity contribution in [1.82, 2.24) is 19.9 Å². The van der Waals surface area contributed by atoms with Gasteiger partial charge < -0.3 is 9.80 Å². The van der Waals surface area contributed by atoms with Crippen LogP contribution in [0.1, 0.15) is 16.2 Å². The van der Waals surface area contributed by atoms with Crippen LogP contribution in [0.15, 0.2) is 48.5 Å². The summed E-state index contributed by atoms with van der Waals surface area (Å²) in [5, 5.41) is 9.66. The molecule has 28 heavy (non-hydrogen) atoms. The van der Waals surface area contributed by atoms with Gasteiger partial charge in [-0.05, 0) is 43.3 Å². The number of hydrogen-bond acceptors (Lipinski definition) is 4. The molecule has 8 heteroatoms. The second-order valence-corrected chi connectivity index (χ2v) is 7.49. The Hall–Kier alpha value is -2.57. The van der Waals surface area contributed by atoms with Gasteiger partial charge in [-0.1, -0.05) is 40.5 Å². The highest BCUT2D eigenvalue weighted by Crippen LogP contribution is 2.26. The highest BCUT2D eigenvalue weighted by atomic mass is 35.5. The Kier molecular flexibility index (Phi) is 5.24. The number of carbonyl (C=O) groups excluding carboxylic acids is 1. The fourth-order valence-corrected chi connectivity index (χ4v) is 3.74. The van der Waals surface area contributed by atoms with Crippen molar-refractivity contribution in [3.05, 3.63) is 70.0 Å². The minimum absolute atomic E-state index is 0.100. The van der Waals surface area contributed by atoms with E-state index < -0.39 is 0 Å². The van der Waals surface area contributed by atoms with E-state index in [1.54, 1.807) is 16.8 Å². The van der Waals surface area contributed by atoms with Crippen molar-refractivity contribution in [2.24, 2.45) is 0 Å². The van der Waals surface area contributed by atoms with Gasteiger partial charge in [0.25, 0.3) is 5.91 Å². The monoisotopic (exact) mass is 415 g/mol. The Morgan fingerprint density at radius 3 is 2.32 bits per heavy atom. The molecule has 1 amide bonds. The number of hydrogen-bond donors (Lipinski definition) is 0. The predicted octanol–water partition coefficient (Wildman–Crippen LogP) is 3.84. The molecule has 0 saturated carbocycles. The molecule has 6 nitrogen and oxygen atoms in total. The van der Waals surface area contributed by atoms with Crippen LogP contribution < -0.4 is 4.90 Å². The first kappa shape index (κ1) is 18.8. The first-order valence-electron chi connectivity index (χ1n) is 9.01. The second kappa shape index (κ2) is 7.81. The van der Waals surface area contributed by atoms with E-state index >= 15 is 0 Å². The fraction of sp³-hybridized carbons (Fsp3) is 0.250. The zero-order valence-corrected chi connectivity index (χ0v) is 16.9. The van der Waals surface area contributed by atoms with E-state index in [4.69, 9.17) is 23.2 Å². The SMILES string of the molecule is Cc1c(C(=O)N2CCN(c3ccccc3Cl)CC2)nnn1-c1ccc(Cl)cc1. The lowest BCUT2D eigenvalue weighted by atomic mass is 10.2. The van der Waals surface area contributed by atoms with Crippen LogP contribution in [-0.2, 0) is 0 Å². The lowest BCUT2D eigenvalue weighted by Crippen LogP contribution is -2.49. The van der Waals surface area contributed by atoms with Crippen LogP contribution in [0, 0.1) is 6.92 Å². The van der Waals surface area contributed by atoms with E-state index in [2.05, 4.69) is 15.2 Å². The van der Waals surface area contributed by atoms with Gasteiger partial charge in [0.2, 0.25) is 0 Å². The van der Waals surface area contributed by atoms with Gasteiger partial charge in [0, 0.05) is 31.2 Å². The van der Waals surface area contributed by atoms with Gasteiger partial charge in [-0.2, -0.15) is 0 Å². The third kappa shape index (κ3) is 3.57. The largest absolute Gasteiger partial charge is 0.367 e. The molecule has 1 aromatic heterocycles. The van der Waals surface area contributed by atoms with Crippen LogP contribution in [0.25, 0.3) is 5.69 Å². The maximum Gasteiger partial charge on any atom is 0.276 e. The van der Waals surface area contributed by atoms with Crippen molar-refractivity contribution < 1.29 is 4.79 Å². The lowest BCUT2D eigenvalue weighted by Gasteiger charge is -2.36. The van der Waals surface area contributed by atoms with E-state index in [1.807, 2.05) is 48.2 Å². The number of para-hydroxylation sites is 1. The molecule has 0 unspecified atom stereocenters. The molecule has 1 aliphatic heterocycles. The number of rotatable bonds is 3. The molecule has 144 valence electrons. The summed E-state index contributed by atoms with van der Waals surface area (Å²) in [5.41, 5.74) is 2.90. The zero-order valence-electron chi connectivity index (χ0n) is 15.3. The quantitative estimate of drug-likeness (QED) is 0.651. The summed E-state index contributed by atoms with van der Waals surface area (Å²) in [6.07, 6.45) is 0. The van der Waals surface area contributed by atoms with Crippen molar-refractivity contribution >= 4 is 34.8 Å². The minimum atomic E-state index is -0.100. The van der Waals surface area contributed by atoms with Gasteiger partial charge >= 0.3 is 0 Å². The molecule has 3 aromatic rings. The average molecular weight is 416 g/mol. The second-order valence-electron chi connectivity index (χ2n) is 6.64. The normalized spacial score (nSPS) is 14.4. The van der Waals surface area contributed by atoms with Crippen LogP contribution in [0.3, 0.4) is 0 Å². The standard InChI is InChI=1S/C20H19Cl2N5O/c1-14-19(23-24-27(14)16-8-6-15(21)7-9-16)20(28)26-12-10-25(11-13-26)18-5-3-2-4-17(18)22/h2-9H,10-13H2,1H3. The van der Waals surface area contributed by atoms with Crippen LogP contribution in [0.2, 0.25) is 10.0 Å². The van der Waals surface area contributed by atoms with Gasteiger partial charge in [-0.15, -0.1) is 5.10 Å². The van der Waals surface area contributed by atoms with Crippen LogP contribution in [0.4, 0.5) is 5.69 Å². The van der Waals surface area contributed by atoms with Crippen molar-refractivity contribution in [2.45, 2.75) is 6.92 Å². The van der Waals surface area contributed by atoms with E-state index in [1.165, 1.54) is 0 Å². The molecule has 0 bridgehead atoms. The third-order valence-corrected chi connectivity index (χ3v) is 5.50. The smallest absolute Gasteiger partial charge is 0.276 e. The summed E-state index contributed by atoms with van der Waals surface area (Å²) >= 11 is 12.2. The Balaban J connectivity index is 1.47. The molecule has 1 saturated heterocycles. The zero-order chi connectivity index (χ0) is 19.7. The average Bonchev–Trinajstić information content (AvgIpc) is 3.10. The maximum absolute atomic E-state index is 13.0. The molecule has 0 N–H and O–H groups in total. The lowest BCUT2D eigenvalue weighted by molar-refractivity contribution is 0.0740. The Morgan fingerprint density at radius 1 is 0.964 bits per heavy atom. The Morgan fingerprint density at radius 2 is 1.64 bits per heavy atom. The minimum Gasteiger partial charge on any atom is -0.367 e. The number of anilines is 1. The number of amides is 1. The molecule has 1 aliphatic rings. The molecule has 2 heterocycles. The van der Waals surface area contributed by atoms with Gasteiger partial charge in [-0.25, -0.2) is 4.68 Å². The van der Waals surface area contributed by atoms with Gasteiger partial charge in [-0.3, -0.25) is 4.79 Å².